The van der Waals surface area contributed by atoms with Crippen LogP contribution in [0.2, 0.25) is 0 Å². The predicted molar refractivity (Wildman–Crippen MR) is 71.5 cm³/mol. The van der Waals surface area contributed by atoms with Crippen molar-refractivity contribution < 1.29 is 22.8 Å². The van der Waals surface area contributed by atoms with Gasteiger partial charge in [0.15, 0.2) is 0 Å². The molecule has 0 spiro atoms. The highest BCUT2D eigenvalue weighted by atomic mass is 19.4. The first kappa shape index (κ1) is 16.3. The minimum Gasteiger partial charge on any atom is -0.350 e. The van der Waals surface area contributed by atoms with Crippen molar-refractivity contribution in [1.29, 1.82) is 0 Å². The summed E-state index contributed by atoms with van der Waals surface area (Å²) in [5.74, 6) is -0.683. The maximum absolute atomic E-state index is 12.8. The van der Waals surface area contributed by atoms with Gasteiger partial charge in [0, 0.05) is 25.4 Å². The highest BCUT2D eigenvalue weighted by molar-refractivity contribution is 5.87. The Labute approximate surface area is 125 Å². The summed E-state index contributed by atoms with van der Waals surface area (Å²) in [5.41, 5.74) is -0.934. The largest absolute Gasteiger partial charge is 0.418 e. The average molecular weight is 315 g/mol. The maximum atomic E-state index is 12.8. The zero-order valence-corrected chi connectivity index (χ0v) is 11.7. The van der Waals surface area contributed by atoms with Gasteiger partial charge in [-0.05, 0) is 24.5 Å². The predicted octanol–water partition coefficient (Wildman–Crippen LogP) is 1.78. The number of alkyl halides is 3. The van der Waals surface area contributed by atoms with Crippen molar-refractivity contribution in [1.82, 2.24) is 15.6 Å². The van der Waals surface area contributed by atoms with Crippen LogP contribution in [0, 0.1) is 0 Å². The van der Waals surface area contributed by atoms with Gasteiger partial charge < -0.3 is 10.6 Å². The fourth-order valence-corrected chi connectivity index (χ4v) is 2.31. The van der Waals surface area contributed by atoms with E-state index in [1.54, 1.807) is 0 Å². The van der Waals surface area contributed by atoms with Gasteiger partial charge in [-0.3, -0.25) is 14.6 Å². The molecule has 8 heteroatoms. The first-order valence-corrected chi connectivity index (χ1v) is 6.95. The molecule has 1 aromatic rings. The zero-order valence-electron chi connectivity index (χ0n) is 11.7. The molecule has 1 saturated heterocycles. The lowest BCUT2D eigenvalue weighted by Crippen LogP contribution is -2.45. The van der Waals surface area contributed by atoms with E-state index >= 15 is 0 Å². The van der Waals surface area contributed by atoms with E-state index in [2.05, 4.69) is 15.6 Å². The third-order valence-corrected chi connectivity index (χ3v) is 3.47. The normalized spacial score (nSPS) is 19.2. The molecule has 1 aliphatic rings. The van der Waals surface area contributed by atoms with E-state index < -0.39 is 23.7 Å². The summed E-state index contributed by atoms with van der Waals surface area (Å²) in [4.78, 5) is 26.9. The summed E-state index contributed by atoms with van der Waals surface area (Å²) in [6, 6.07) is 0.528. The van der Waals surface area contributed by atoms with Crippen LogP contribution in [0.25, 0.3) is 0 Å². The van der Waals surface area contributed by atoms with Gasteiger partial charge in [-0.25, -0.2) is 0 Å². The minimum absolute atomic E-state index is 0.0594. The van der Waals surface area contributed by atoms with Crippen LogP contribution in [-0.4, -0.2) is 22.8 Å². The van der Waals surface area contributed by atoms with E-state index in [1.807, 2.05) is 0 Å². The molecular weight excluding hydrogens is 299 g/mol. The summed E-state index contributed by atoms with van der Waals surface area (Å²) in [6.07, 6.45) is -0.269. The summed E-state index contributed by atoms with van der Waals surface area (Å²) in [7, 11) is 0. The van der Waals surface area contributed by atoms with Crippen LogP contribution in [0.3, 0.4) is 0 Å². The molecule has 1 aliphatic heterocycles. The van der Waals surface area contributed by atoms with Crippen molar-refractivity contribution in [3.8, 4) is 0 Å². The molecule has 2 heterocycles. The van der Waals surface area contributed by atoms with E-state index in [4.69, 9.17) is 0 Å². The van der Waals surface area contributed by atoms with Crippen LogP contribution in [-0.2, 0) is 22.3 Å². The second kappa shape index (κ2) is 6.76. The second-order valence-corrected chi connectivity index (χ2v) is 5.11. The monoisotopic (exact) mass is 315 g/mol. The fraction of sp³-hybridized carbons (Fsp3) is 0.500. The van der Waals surface area contributed by atoms with Crippen molar-refractivity contribution in [3.63, 3.8) is 0 Å². The van der Waals surface area contributed by atoms with Gasteiger partial charge in [-0.2, -0.15) is 13.2 Å². The van der Waals surface area contributed by atoms with Gasteiger partial charge in [-0.15, -0.1) is 0 Å². The van der Waals surface area contributed by atoms with E-state index in [0.29, 0.717) is 19.3 Å². The smallest absolute Gasteiger partial charge is 0.350 e. The molecular formula is C14H16F3N3O2. The molecule has 0 bridgehead atoms. The number of hydrogen-bond donors (Lipinski definition) is 2. The van der Waals surface area contributed by atoms with Crippen molar-refractivity contribution in [2.75, 3.05) is 0 Å². The molecule has 1 atom stereocenters. The second-order valence-electron chi connectivity index (χ2n) is 5.11. The van der Waals surface area contributed by atoms with Gasteiger partial charge in [0.05, 0.1) is 5.56 Å². The molecule has 0 aromatic carbocycles. The first-order valence-electron chi connectivity index (χ1n) is 6.95. The Balaban J connectivity index is 2.01. The highest BCUT2D eigenvalue weighted by Crippen LogP contribution is 2.31. The quantitative estimate of drug-likeness (QED) is 0.893. The topological polar surface area (TPSA) is 71.1 Å². The van der Waals surface area contributed by atoms with E-state index in [-0.39, 0.29) is 18.0 Å². The lowest BCUT2D eigenvalue weighted by molar-refractivity contribution is -0.138. The van der Waals surface area contributed by atoms with Gasteiger partial charge >= 0.3 is 6.18 Å². The van der Waals surface area contributed by atoms with E-state index in [1.165, 1.54) is 12.3 Å². The molecule has 2 amide bonds. The van der Waals surface area contributed by atoms with Gasteiger partial charge in [0.2, 0.25) is 11.8 Å². The number of nitrogens with one attached hydrogen (secondary N) is 2. The molecule has 22 heavy (non-hydrogen) atoms. The molecule has 1 aromatic heterocycles. The van der Waals surface area contributed by atoms with Crippen LogP contribution in [0.1, 0.15) is 36.8 Å². The Hall–Kier alpha value is -2.12. The van der Waals surface area contributed by atoms with Crippen molar-refractivity contribution in [3.05, 3.63) is 29.6 Å². The molecule has 0 saturated carbocycles. The summed E-state index contributed by atoms with van der Waals surface area (Å²) in [5, 5.41) is 5.02. The SMILES string of the molecule is O=C1CCCC[C@@H](C(=O)NCc2ccncc2C(F)(F)F)N1. The van der Waals surface area contributed by atoms with Crippen LogP contribution in [0.5, 0.6) is 0 Å². The Morgan fingerprint density at radius 1 is 1.41 bits per heavy atom. The molecule has 0 aliphatic carbocycles. The number of carbonyl (C=O) groups excluding carboxylic acids is 2. The van der Waals surface area contributed by atoms with E-state index in [0.717, 1.165) is 12.6 Å². The van der Waals surface area contributed by atoms with Crippen LogP contribution < -0.4 is 10.6 Å². The Morgan fingerprint density at radius 2 is 2.18 bits per heavy atom. The number of nitrogens with zero attached hydrogens (tertiary/aromatic N) is 1. The average Bonchev–Trinajstić information content (AvgIpc) is 2.69. The Kier molecular flexibility index (Phi) is 4.99. The fourth-order valence-electron chi connectivity index (χ4n) is 2.31. The van der Waals surface area contributed by atoms with Crippen LogP contribution in [0.15, 0.2) is 18.5 Å². The molecule has 0 radical (unpaired) electrons. The zero-order chi connectivity index (χ0) is 16.2. The van der Waals surface area contributed by atoms with Crippen molar-refractivity contribution >= 4 is 11.8 Å². The lowest BCUT2D eigenvalue weighted by Gasteiger charge is -2.17. The third kappa shape index (κ3) is 4.19. The first-order chi connectivity index (χ1) is 10.4. The number of pyridine rings is 1. The third-order valence-electron chi connectivity index (χ3n) is 3.47. The summed E-state index contributed by atoms with van der Waals surface area (Å²) in [6.45, 7) is -0.261. The minimum atomic E-state index is -4.52. The van der Waals surface area contributed by atoms with Gasteiger partial charge in [0.25, 0.3) is 0 Å². The van der Waals surface area contributed by atoms with Crippen LogP contribution in [0.4, 0.5) is 13.2 Å². The molecule has 5 nitrogen and oxygen atoms in total. The number of carbonyl (C=O) groups is 2. The van der Waals surface area contributed by atoms with Gasteiger partial charge in [0.1, 0.15) is 6.04 Å². The molecule has 2 rings (SSSR count). The van der Waals surface area contributed by atoms with Gasteiger partial charge in [-0.1, -0.05) is 6.42 Å². The number of halogens is 3. The number of aromatic nitrogens is 1. The Bertz CT molecular complexity index is 561. The highest BCUT2D eigenvalue weighted by Gasteiger charge is 2.33. The molecule has 120 valence electrons. The number of rotatable bonds is 3. The Morgan fingerprint density at radius 3 is 2.91 bits per heavy atom. The molecule has 1 fully saturated rings. The number of hydrogen-bond acceptors (Lipinski definition) is 3. The molecule has 2 N–H and O–H groups in total. The summed E-state index contributed by atoms with van der Waals surface area (Å²) < 4.78 is 38.5. The van der Waals surface area contributed by atoms with E-state index in [9.17, 15) is 22.8 Å². The maximum Gasteiger partial charge on any atom is 0.418 e. The molecule has 0 unspecified atom stereocenters. The van der Waals surface area contributed by atoms with Crippen LogP contribution >= 0.6 is 0 Å². The van der Waals surface area contributed by atoms with Crippen molar-refractivity contribution in [2.24, 2.45) is 0 Å². The van der Waals surface area contributed by atoms with Crippen molar-refractivity contribution in [2.45, 2.75) is 44.4 Å². The number of amides is 2. The standard InChI is InChI=1S/C14H16F3N3O2/c15-14(16,17)10-8-18-6-5-9(10)7-19-13(22)11-3-1-2-4-12(21)20-11/h5-6,8,11H,1-4,7H2,(H,19,22)(H,20,21)/t11-/m0/s1. The summed E-state index contributed by atoms with van der Waals surface area (Å²) >= 11 is 0. The lowest BCUT2D eigenvalue weighted by atomic mass is 10.1.